The Kier molecular flexibility index (Phi) is 12.2. The maximum absolute atomic E-state index is 11.3. The number of esters is 1. The van der Waals surface area contributed by atoms with E-state index in [9.17, 15) is 24.9 Å². The fourth-order valence-corrected chi connectivity index (χ4v) is 3.12. The highest BCUT2D eigenvalue weighted by atomic mass is 16.7. The SMILES string of the molecule is CCOC(=O)CCCCCCCCO[C@@H]1O[C@H](CO)[C@@H](O)[C@H](O)[C@H]1NC(C)=O. The van der Waals surface area contributed by atoms with Crippen LogP contribution in [0.3, 0.4) is 0 Å². The second-order valence-electron chi connectivity index (χ2n) is 6.98. The fourth-order valence-electron chi connectivity index (χ4n) is 3.12. The number of rotatable bonds is 13. The van der Waals surface area contributed by atoms with Crippen LogP contribution in [0.1, 0.15) is 58.8 Å². The maximum Gasteiger partial charge on any atom is 0.305 e. The Morgan fingerprint density at radius 1 is 1.04 bits per heavy atom. The van der Waals surface area contributed by atoms with Gasteiger partial charge in [0.1, 0.15) is 24.4 Å². The number of aliphatic hydroxyl groups is 3. The summed E-state index contributed by atoms with van der Waals surface area (Å²) >= 11 is 0. The fraction of sp³-hybridized carbons (Fsp3) is 0.895. The molecule has 0 aromatic carbocycles. The van der Waals surface area contributed by atoms with Gasteiger partial charge < -0.3 is 34.8 Å². The molecule has 28 heavy (non-hydrogen) atoms. The summed E-state index contributed by atoms with van der Waals surface area (Å²) in [5, 5.41) is 31.9. The monoisotopic (exact) mass is 405 g/mol. The lowest BCUT2D eigenvalue weighted by molar-refractivity contribution is -0.270. The topological polar surface area (TPSA) is 135 Å². The van der Waals surface area contributed by atoms with Crippen LogP contribution in [0.2, 0.25) is 0 Å². The first-order valence-electron chi connectivity index (χ1n) is 10.1. The predicted octanol–water partition coefficient (Wildman–Crippen LogP) is 0.241. The third kappa shape index (κ3) is 8.83. The molecule has 0 radical (unpaired) electrons. The van der Waals surface area contributed by atoms with Crippen molar-refractivity contribution in [2.75, 3.05) is 19.8 Å². The summed E-state index contributed by atoms with van der Waals surface area (Å²) in [6, 6.07) is -0.904. The second kappa shape index (κ2) is 13.8. The number of hydrogen-bond acceptors (Lipinski definition) is 8. The molecule has 0 spiro atoms. The summed E-state index contributed by atoms with van der Waals surface area (Å²) in [6.45, 7) is 3.42. The molecule has 1 aliphatic heterocycles. The molecule has 9 nitrogen and oxygen atoms in total. The number of carbonyl (C=O) groups is 2. The number of carbonyl (C=O) groups excluding carboxylic acids is 2. The van der Waals surface area contributed by atoms with Crippen molar-refractivity contribution in [3.8, 4) is 0 Å². The smallest absolute Gasteiger partial charge is 0.305 e. The molecule has 0 aromatic heterocycles. The summed E-state index contributed by atoms with van der Waals surface area (Å²) in [4.78, 5) is 22.6. The molecular weight excluding hydrogens is 370 g/mol. The van der Waals surface area contributed by atoms with Gasteiger partial charge in [-0.2, -0.15) is 0 Å². The normalized spacial score (nSPS) is 27.4. The lowest BCUT2D eigenvalue weighted by Gasteiger charge is -2.42. The molecule has 0 saturated carbocycles. The highest BCUT2D eigenvalue weighted by molar-refractivity contribution is 5.73. The van der Waals surface area contributed by atoms with Crippen LogP contribution in [0.25, 0.3) is 0 Å². The molecule has 5 atom stereocenters. The molecule has 1 rings (SSSR count). The average Bonchev–Trinajstić information content (AvgIpc) is 2.65. The van der Waals surface area contributed by atoms with E-state index in [2.05, 4.69) is 5.32 Å². The molecule has 1 fully saturated rings. The van der Waals surface area contributed by atoms with Crippen molar-refractivity contribution in [3.05, 3.63) is 0 Å². The molecule has 0 bridgehead atoms. The predicted molar refractivity (Wildman–Crippen MR) is 100 cm³/mol. The minimum Gasteiger partial charge on any atom is -0.466 e. The zero-order valence-electron chi connectivity index (χ0n) is 16.8. The molecule has 1 aliphatic rings. The Morgan fingerprint density at radius 2 is 1.68 bits per heavy atom. The van der Waals surface area contributed by atoms with Crippen molar-refractivity contribution < 1.29 is 39.1 Å². The average molecular weight is 405 g/mol. The molecule has 4 N–H and O–H groups in total. The Morgan fingerprint density at radius 3 is 2.29 bits per heavy atom. The van der Waals surface area contributed by atoms with Crippen molar-refractivity contribution in [2.45, 2.75) is 89.4 Å². The third-order valence-corrected chi connectivity index (χ3v) is 4.61. The standard InChI is InChI=1S/C19H35NO8/c1-3-26-15(23)10-8-6-4-5-7-9-11-27-19-16(20-13(2)22)18(25)17(24)14(12-21)28-19/h14,16-19,21,24-25H,3-12H2,1-2H3,(H,20,22)/t14-,16-,17-,18-,19-/m1/s1. The third-order valence-electron chi connectivity index (χ3n) is 4.61. The van der Waals surface area contributed by atoms with Crippen molar-refractivity contribution in [1.29, 1.82) is 0 Å². The van der Waals surface area contributed by atoms with Crippen LogP contribution in [-0.4, -0.2) is 77.7 Å². The van der Waals surface area contributed by atoms with E-state index in [-0.39, 0.29) is 11.9 Å². The van der Waals surface area contributed by atoms with Crippen LogP contribution in [0.4, 0.5) is 0 Å². The molecule has 9 heteroatoms. The van der Waals surface area contributed by atoms with Gasteiger partial charge in [0, 0.05) is 20.0 Å². The van der Waals surface area contributed by atoms with Crippen LogP contribution < -0.4 is 5.32 Å². The van der Waals surface area contributed by atoms with Gasteiger partial charge >= 0.3 is 5.97 Å². The summed E-state index contributed by atoms with van der Waals surface area (Å²) < 4.78 is 16.0. The van der Waals surface area contributed by atoms with E-state index in [1.54, 1.807) is 6.92 Å². The minimum atomic E-state index is -1.31. The summed E-state index contributed by atoms with van der Waals surface area (Å²) in [7, 11) is 0. The van der Waals surface area contributed by atoms with Gasteiger partial charge in [-0.05, 0) is 19.8 Å². The number of unbranched alkanes of at least 4 members (excludes halogenated alkanes) is 5. The highest BCUT2D eigenvalue weighted by Gasteiger charge is 2.45. The first-order chi connectivity index (χ1) is 13.4. The highest BCUT2D eigenvalue weighted by Crippen LogP contribution is 2.22. The summed E-state index contributed by atoms with van der Waals surface area (Å²) in [6.07, 6.45) is 1.48. The largest absolute Gasteiger partial charge is 0.466 e. The Hall–Kier alpha value is -1.26. The van der Waals surface area contributed by atoms with Crippen molar-refractivity contribution in [2.24, 2.45) is 0 Å². The number of nitrogens with one attached hydrogen (secondary N) is 1. The number of amides is 1. The van der Waals surface area contributed by atoms with Gasteiger partial charge in [-0.25, -0.2) is 0 Å². The molecular formula is C19H35NO8. The quantitative estimate of drug-likeness (QED) is 0.253. The Bertz CT molecular complexity index is 461. The molecule has 0 unspecified atom stereocenters. The van der Waals surface area contributed by atoms with Gasteiger partial charge in [0.15, 0.2) is 6.29 Å². The van der Waals surface area contributed by atoms with Gasteiger partial charge in [-0.15, -0.1) is 0 Å². The van der Waals surface area contributed by atoms with Gasteiger partial charge in [0.25, 0.3) is 0 Å². The molecule has 1 heterocycles. The Balaban J connectivity index is 2.24. The van der Waals surface area contributed by atoms with Crippen molar-refractivity contribution in [1.82, 2.24) is 5.32 Å². The van der Waals surface area contributed by atoms with E-state index in [0.717, 1.165) is 38.5 Å². The molecule has 0 aromatic rings. The molecule has 1 amide bonds. The first-order valence-corrected chi connectivity index (χ1v) is 10.1. The second-order valence-corrected chi connectivity index (χ2v) is 6.98. The zero-order chi connectivity index (χ0) is 20.9. The summed E-state index contributed by atoms with van der Waals surface area (Å²) in [5.41, 5.74) is 0. The minimum absolute atomic E-state index is 0.148. The van der Waals surface area contributed by atoms with E-state index in [0.29, 0.717) is 19.6 Å². The Labute approximate surface area is 166 Å². The number of ether oxygens (including phenoxy) is 3. The molecule has 164 valence electrons. The van der Waals surface area contributed by atoms with Crippen LogP contribution in [0.5, 0.6) is 0 Å². The van der Waals surface area contributed by atoms with Crippen LogP contribution in [0, 0.1) is 0 Å². The van der Waals surface area contributed by atoms with E-state index >= 15 is 0 Å². The van der Waals surface area contributed by atoms with Gasteiger partial charge in [0.2, 0.25) is 5.91 Å². The van der Waals surface area contributed by atoms with Crippen molar-refractivity contribution >= 4 is 11.9 Å². The van der Waals surface area contributed by atoms with Gasteiger partial charge in [-0.1, -0.05) is 25.7 Å². The van der Waals surface area contributed by atoms with Crippen LogP contribution in [-0.2, 0) is 23.8 Å². The van der Waals surface area contributed by atoms with Crippen LogP contribution >= 0.6 is 0 Å². The summed E-state index contributed by atoms with van der Waals surface area (Å²) in [5.74, 6) is -0.524. The number of hydrogen-bond donors (Lipinski definition) is 4. The lowest BCUT2D eigenvalue weighted by atomic mass is 9.97. The van der Waals surface area contributed by atoms with Gasteiger partial charge in [0.05, 0.1) is 13.2 Å². The van der Waals surface area contributed by atoms with E-state index in [1.165, 1.54) is 6.92 Å². The first kappa shape index (κ1) is 24.8. The van der Waals surface area contributed by atoms with E-state index in [1.807, 2.05) is 0 Å². The maximum atomic E-state index is 11.3. The zero-order valence-corrected chi connectivity index (χ0v) is 16.8. The lowest BCUT2D eigenvalue weighted by Crippen LogP contribution is -2.64. The van der Waals surface area contributed by atoms with E-state index in [4.69, 9.17) is 14.2 Å². The van der Waals surface area contributed by atoms with Gasteiger partial charge in [-0.3, -0.25) is 9.59 Å². The van der Waals surface area contributed by atoms with Crippen molar-refractivity contribution in [3.63, 3.8) is 0 Å². The molecule has 0 aliphatic carbocycles. The molecule has 1 saturated heterocycles. The number of aliphatic hydroxyl groups excluding tert-OH is 3. The van der Waals surface area contributed by atoms with E-state index < -0.39 is 37.3 Å². The van der Waals surface area contributed by atoms with Crippen LogP contribution in [0.15, 0.2) is 0 Å².